The van der Waals surface area contributed by atoms with E-state index in [9.17, 15) is 0 Å². The van der Waals surface area contributed by atoms with E-state index < -0.39 is 0 Å². The van der Waals surface area contributed by atoms with E-state index in [0.717, 1.165) is 25.4 Å². The van der Waals surface area contributed by atoms with Gasteiger partial charge in [0.25, 0.3) is 0 Å². The van der Waals surface area contributed by atoms with Crippen LogP contribution in [0.25, 0.3) is 0 Å². The van der Waals surface area contributed by atoms with Crippen molar-refractivity contribution in [1.29, 1.82) is 0 Å². The van der Waals surface area contributed by atoms with Crippen LogP contribution in [0.3, 0.4) is 0 Å². The van der Waals surface area contributed by atoms with Crippen LogP contribution in [0.2, 0.25) is 0 Å². The smallest absolute Gasteiger partial charge is 0.214 e. The Labute approximate surface area is 114 Å². The summed E-state index contributed by atoms with van der Waals surface area (Å²) < 4.78 is 5.79. The molecular weight excluding hydrogens is 236 g/mol. The fraction of sp³-hybridized carbons (Fsp3) is 0.562. The molecule has 1 saturated carbocycles. The van der Waals surface area contributed by atoms with Gasteiger partial charge in [-0.05, 0) is 44.2 Å². The molecule has 2 heterocycles. The Morgan fingerprint density at radius 2 is 2.26 bits per heavy atom. The average molecular weight is 256 g/mol. The van der Waals surface area contributed by atoms with Gasteiger partial charge in [0, 0.05) is 24.4 Å². The highest BCUT2D eigenvalue weighted by molar-refractivity contribution is 5.31. The highest BCUT2D eigenvalue weighted by atomic mass is 16.5. The minimum atomic E-state index is 0.608. The van der Waals surface area contributed by atoms with Crippen molar-refractivity contribution in [1.82, 2.24) is 10.3 Å². The maximum absolute atomic E-state index is 5.79. The van der Waals surface area contributed by atoms with Gasteiger partial charge in [-0.2, -0.15) is 0 Å². The number of hydrogen-bond donors (Lipinski definition) is 1. The number of nitrogens with zero attached hydrogens (tertiary/aromatic N) is 1. The van der Waals surface area contributed by atoms with Crippen molar-refractivity contribution < 1.29 is 4.74 Å². The van der Waals surface area contributed by atoms with E-state index in [4.69, 9.17) is 4.74 Å². The molecule has 1 aromatic rings. The molecule has 100 valence electrons. The number of rotatable bonds is 3. The Bertz CT molecular complexity index is 479. The van der Waals surface area contributed by atoms with Crippen LogP contribution in [0.5, 0.6) is 5.88 Å². The van der Waals surface area contributed by atoms with E-state index in [1.807, 2.05) is 18.2 Å². The molecule has 1 aliphatic carbocycles. The van der Waals surface area contributed by atoms with E-state index >= 15 is 0 Å². The van der Waals surface area contributed by atoms with Crippen LogP contribution in [-0.4, -0.2) is 24.7 Å². The number of pyridine rings is 1. The second-order valence-corrected chi connectivity index (χ2v) is 5.43. The van der Waals surface area contributed by atoms with Gasteiger partial charge in [-0.3, -0.25) is 0 Å². The lowest BCUT2D eigenvalue weighted by atomic mass is 10.0. The molecule has 19 heavy (non-hydrogen) atoms. The van der Waals surface area contributed by atoms with E-state index in [1.165, 1.54) is 25.7 Å². The molecule has 0 radical (unpaired) electrons. The Morgan fingerprint density at radius 1 is 1.32 bits per heavy atom. The molecule has 3 rings (SSSR count). The average Bonchev–Trinajstić information content (AvgIpc) is 3.29. The van der Waals surface area contributed by atoms with Crippen molar-refractivity contribution in [3.63, 3.8) is 0 Å². The van der Waals surface area contributed by atoms with Gasteiger partial charge in [0.05, 0.1) is 6.61 Å². The maximum Gasteiger partial charge on any atom is 0.214 e. The van der Waals surface area contributed by atoms with Crippen LogP contribution in [0.15, 0.2) is 18.2 Å². The monoisotopic (exact) mass is 256 g/mol. The van der Waals surface area contributed by atoms with Gasteiger partial charge in [-0.1, -0.05) is 12.0 Å². The van der Waals surface area contributed by atoms with Crippen LogP contribution < -0.4 is 10.1 Å². The van der Waals surface area contributed by atoms with Crippen molar-refractivity contribution >= 4 is 0 Å². The molecule has 1 aliphatic heterocycles. The molecule has 0 spiro atoms. The first-order chi connectivity index (χ1) is 9.40. The van der Waals surface area contributed by atoms with E-state index in [1.54, 1.807) is 0 Å². The third-order valence-corrected chi connectivity index (χ3v) is 3.57. The SMILES string of the molecule is C(#CC1CC1)c1cccc(OCC2CCCNC2)n1. The number of ether oxygens (including phenoxy) is 1. The summed E-state index contributed by atoms with van der Waals surface area (Å²) in [6.07, 6.45) is 4.98. The minimum absolute atomic E-state index is 0.608. The Balaban J connectivity index is 1.55. The van der Waals surface area contributed by atoms with E-state index in [0.29, 0.717) is 17.7 Å². The first-order valence-corrected chi connectivity index (χ1v) is 7.22. The molecule has 1 N–H and O–H groups in total. The summed E-state index contributed by atoms with van der Waals surface area (Å²) in [7, 11) is 0. The van der Waals surface area contributed by atoms with Gasteiger partial charge < -0.3 is 10.1 Å². The standard InChI is InChI=1S/C16H20N2O/c1-4-15(9-8-13-6-7-13)18-16(5-1)19-12-14-3-2-10-17-11-14/h1,4-5,13-14,17H,2-3,6-7,10-12H2. The second kappa shape index (κ2) is 6.08. The van der Waals surface area contributed by atoms with Crippen LogP contribution in [0.1, 0.15) is 31.4 Å². The van der Waals surface area contributed by atoms with Crippen molar-refractivity contribution in [2.24, 2.45) is 11.8 Å². The van der Waals surface area contributed by atoms with Crippen LogP contribution >= 0.6 is 0 Å². The van der Waals surface area contributed by atoms with Gasteiger partial charge in [0.1, 0.15) is 5.69 Å². The maximum atomic E-state index is 5.79. The molecular formula is C16H20N2O. The third kappa shape index (κ3) is 3.97. The van der Waals surface area contributed by atoms with Crippen LogP contribution in [-0.2, 0) is 0 Å². The summed E-state index contributed by atoms with van der Waals surface area (Å²) in [4.78, 5) is 4.44. The first-order valence-electron chi connectivity index (χ1n) is 7.22. The molecule has 1 atom stereocenters. The molecule has 1 unspecified atom stereocenters. The topological polar surface area (TPSA) is 34.1 Å². The lowest BCUT2D eigenvalue weighted by Gasteiger charge is -2.22. The molecule has 3 heteroatoms. The number of piperidine rings is 1. The van der Waals surface area contributed by atoms with Crippen molar-refractivity contribution in [3.8, 4) is 17.7 Å². The fourth-order valence-electron chi connectivity index (χ4n) is 2.24. The van der Waals surface area contributed by atoms with Crippen molar-refractivity contribution in [3.05, 3.63) is 23.9 Å². The minimum Gasteiger partial charge on any atom is -0.477 e. The van der Waals surface area contributed by atoms with Crippen LogP contribution in [0, 0.1) is 23.7 Å². The summed E-state index contributed by atoms with van der Waals surface area (Å²) >= 11 is 0. The Morgan fingerprint density at radius 3 is 3.05 bits per heavy atom. The zero-order valence-corrected chi connectivity index (χ0v) is 11.2. The fourth-order valence-corrected chi connectivity index (χ4v) is 2.24. The number of nitrogens with one attached hydrogen (secondary N) is 1. The highest BCUT2D eigenvalue weighted by Crippen LogP contribution is 2.27. The molecule has 0 bridgehead atoms. The predicted molar refractivity (Wildman–Crippen MR) is 74.9 cm³/mol. The normalized spacial score (nSPS) is 22.4. The first kappa shape index (κ1) is 12.5. The van der Waals surface area contributed by atoms with Gasteiger partial charge in [-0.25, -0.2) is 4.98 Å². The predicted octanol–water partition coefficient (Wildman–Crippen LogP) is 2.22. The zero-order chi connectivity index (χ0) is 12.9. The highest BCUT2D eigenvalue weighted by Gasteiger charge is 2.17. The van der Waals surface area contributed by atoms with Crippen molar-refractivity contribution in [2.45, 2.75) is 25.7 Å². The largest absolute Gasteiger partial charge is 0.477 e. The lowest BCUT2D eigenvalue weighted by Crippen LogP contribution is -2.33. The van der Waals surface area contributed by atoms with Gasteiger partial charge in [0.2, 0.25) is 5.88 Å². The number of aromatic nitrogens is 1. The quantitative estimate of drug-likeness (QED) is 0.842. The van der Waals surface area contributed by atoms with Gasteiger partial charge in [-0.15, -0.1) is 0 Å². The van der Waals surface area contributed by atoms with E-state index in [-0.39, 0.29) is 0 Å². The molecule has 2 fully saturated rings. The summed E-state index contributed by atoms with van der Waals surface area (Å²) in [5, 5.41) is 3.40. The van der Waals surface area contributed by atoms with Gasteiger partial charge in [0.15, 0.2) is 0 Å². The van der Waals surface area contributed by atoms with Gasteiger partial charge >= 0.3 is 0 Å². The summed E-state index contributed by atoms with van der Waals surface area (Å²) in [6, 6.07) is 5.83. The molecule has 2 aliphatic rings. The lowest BCUT2D eigenvalue weighted by molar-refractivity contribution is 0.212. The number of hydrogen-bond acceptors (Lipinski definition) is 3. The van der Waals surface area contributed by atoms with E-state index in [2.05, 4.69) is 22.1 Å². The zero-order valence-electron chi connectivity index (χ0n) is 11.2. The molecule has 0 amide bonds. The van der Waals surface area contributed by atoms with Crippen LogP contribution in [0.4, 0.5) is 0 Å². The third-order valence-electron chi connectivity index (χ3n) is 3.57. The summed E-state index contributed by atoms with van der Waals surface area (Å²) in [6.45, 7) is 2.95. The van der Waals surface area contributed by atoms with Crippen molar-refractivity contribution in [2.75, 3.05) is 19.7 Å². The summed E-state index contributed by atoms with van der Waals surface area (Å²) in [5.74, 6) is 8.28. The molecule has 3 nitrogen and oxygen atoms in total. The molecule has 1 saturated heterocycles. The second-order valence-electron chi connectivity index (χ2n) is 5.43. The summed E-state index contributed by atoms with van der Waals surface area (Å²) in [5.41, 5.74) is 0.825. The molecule has 1 aromatic heterocycles. The Hall–Kier alpha value is -1.53. The Kier molecular flexibility index (Phi) is 4.00. The molecule has 0 aromatic carbocycles.